The highest BCUT2D eigenvalue weighted by Gasteiger charge is 2.62. The zero-order valence-electron chi connectivity index (χ0n) is 14.1. The lowest BCUT2D eigenvalue weighted by Gasteiger charge is -2.15. The van der Waals surface area contributed by atoms with Crippen molar-refractivity contribution in [1.29, 1.82) is 0 Å². The van der Waals surface area contributed by atoms with Crippen molar-refractivity contribution in [3.8, 4) is 5.75 Å². The summed E-state index contributed by atoms with van der Waals surface area (Å²) >= 11 is 0. The molecule has 1 amide bonds. The van der Waals surface area contributed by atoms with E-state index in [9.17, 15) is 14.7 Å². The molecule has 2 unspecified atom stereocenters. The summed E-state index contributed by atoms with van der Waals surface area (Å²) in [7, 11) is 0. The van der Waals surface area contributed by atoms with Gasteiger partial charge in [0, 0.05) is 5.92 Å². The maximum Gasteiger partial charge on any atom is 0.330 e. The predicted molar refractivity (Wildman–Crippen MR) is 93.6 cm³/mol. The summed E-state index contributed by atoms with van der Waals surface area (Å²) in [6.07, 6.45) is 1.33. The average Bonchev–Trinajstić information content (AvgIpc) is 3.37. The Morgan fingerprint density at radius 2 is 1.84 bits per heavy atom. The first kappa shape index (κ1) is 17.0. The zero-order valence-corrected chi connectivity index (χ0v) is 14.1. The number of carbonyl (C=O) groups is 2. The molecule has 0 saturated heterocycles. The fourth-order valence-corrected chi connectivity index (χ4v) is 3.03. The molecule has 1 aliphatic rings. The number of hydrogen-bond acceptors (Lipinski definition) is 3. The molecular formula is C20H21NO4. The number of nitrogens with one attached hydrogen (secondary N) is 1. The zero-order chi connectivity index (χ0) is 17.9. The van der Waals surface area contributed by atoms with Gasteiger partial charge in [-0.05, 0) is 36.1 Å². The topological polar surface area (TPSA) is 75.6 Å². The lowest BCUT2D eigenvalue weighted by Crippen LogP contribution is -2.46. The van der Waals surface area contributed by atoms with Crippen LogP contribution in [0.2, 0.25) is 0 Å². The van der Waals surface area contributed by atoms with E-state index in [-0.39, 0.29) is 12.5 Å². The largest absolute Gasteiger partial charge is 0.484 e. The molecule has 5 heteroatoms. The van der Waals surface area contributed by atoms with Crippen molar-refractivity contribution in [3.63, 3.8) is 0 Å². The van der Waals surface area contributed by atoms with E-state index in [1.54, 1.807) is 0 Å². The number of carbonyl (C=O) groups excluding carboxylic acids is 1. The van der Waals surface area contributed by atoms with Crippen LogP contribution in [0.4, 0.5) is 0 Å². The van der Waals surface area contributed by atoms with Crippen molar-refractivity contribution in [1.82, 2.24) is 5.32 Å². The van der Waals surface area contributed by atoms with E-state index in [1.165, 1.54) is 5.56 Å². The van der Waals surface area contributed by atoms with Gasteiger partial charge in [0.15, 0.2) is 6.61 Å². The van der Waals surface area contributed by atoms with Gasteiger partial charge in [-0.1, -0.05) is 49.4 Å². The maximum atomic E-state index is 12.2. The van der Waals surface area contributed by atoms with Crippen molar-refractivity contribution in [2.24, 2.45) is 0 Å². The van der Waals surface area contributed by atoms with Gasteiger partial charge in [-0.2, -0.15) is 0 Å². The molecule has 0 aliphatic heterocycles. The molecule has 1 saturated carbocycles. The highest BCUT2D eigenvalue weighted by molar-refractivity contribution is 5.92. The number of carboxylic acid groups (broad SMARTS) is 1. The molecule has 0 bridgehead atoms. The summed E-state index contributed by atoms with van der Waals surface area (Å²) in [4.78, 5) is 23.9. The number of aryl methyl sites for hydroxylation is 1. The van der Waals surface area contributed by atoms with Crippen LogP contribution in [0.25, 0.3) is 0 Å². The molecule has 1 aliphatic carbocycles. The monoisotopic (exact) mass is 339 g/mol. The Balaban J connectivity index is 1.59. The molecule has 2 N–H and O–H groups in total. The molecule has 130 valence electrons. The number of carboxylic acids is 1. The van der Waals surface area contributed by atoms with E-state index in [2.05, 4.69) is 12.2 Å². The van der Waals surface area contributed by atoms with Gasteiger partial charge in [0.1, 0.15) is 11.3 Å². The number of rotatable bonds is 7. The van der Waals surface area contributed by atoms with Crippen molar-refractivity contribution in [2.75, 3.05) is 6.61 Å². The Bertz CT molecular complexity index is 757. The lowest BCUT2D eigenvalue weighted by molar-refractivity contribution is -0.143. The minimum atomic E-state index is -1.23. The van der Waals surface area contributed by atoms with Gasteiger partial charge >= 0.3 is 5.97 Å². The molecule has 1 fully saturated rings. The van der Waals surface area contributed by atoms with E-state index < -0.39 is 17.4 Å². The van der Waals surface area contributed by atoms with Crippen molar-refractivity contribution >= 4 is 11.9 Å². The van der Waals surface area contributed by atoms with Crippen molar-refractivity contribution < 1.29 is 19.4 Å². The summed E-state index contributed by atoms with van der Waals surface area (Å²) in [6, 6.07) is 16.9. The standard InChI is InChI=1S/C20H21NO4/c1-2-14-8-10-16(11-9-14)25-13-18(22)21-20(19(23)24)12-17(20)15-6-4-3-5-7-15/h3-11,17H,2,12-13H2,1H3,(H,21,22)(H,23,24). The van der Waals surface area contributed by atoms with Crippen LogP contribution >= 0.6 is 0 Å². The van der Waals surface area contributed by atoms with Crippen molar-refractivity contribution in [3.05, 3.63) is 65.7 Å². The van der Waals surface area contributed by atoms with E-state index in [0.29, 0.717) is 12.2 Å². The van der Waals surface area contributed by atoms with Crippen LogP contribution in [0.3, 0.4) is 0 Å². The van der Waals surface area contributed by atoms with Crippen molar-refractivity contribution in [2.45, 2.75) is 31.2 Å². The van der Waals surface area contributed by atoms with Gasteiger partial charge < -0.3 is 15.2 Å². The molecule has 3 rings (SSSR count). The van der Waals surface area contributed by atoms with Crippen LogP contribution in [-0.2, 0) is 16.0 Å². The average molecular weight is 339 g/mol. The first-order valence-electron chi connectivity index (χ1n) is 8.36. The molecule has 0 spiro atoms. The fraction of sp³-hybridized carbons (Fsp3) is 0.300. The van der Waals surface area contributed by atoms with E-state index in [0.717, 1.165) is 12.0 Å². The van der Waals surface area contributed by atoms with Crippen LogP contribution in [-0.4, -0.2) is 29.1 Å². The number of ether oxygens (including phenoxy) is 1. The van der Waals surface area contributed by atoms with Crippen LogP contribution in [0.1, 0.15) is 30.4 Å². The number of aliphatic carboxylic acids is 1. The van der Waals surface area contributed by atoms with E-state index in [1.807, 2.05) is 54.6 Å². The Hall–Kier alpha value is -2.82. The summed E-state index contributed by atoms with van der Waals surface area (Å²) in [5.74, 6) is -1.06. The highest BCUT2D eigenvalue weighted by Crippen LogP contribution is 2.51. The van der Waals surface area contributed by atoms with Gasteiger partial charge in [0.2, 0.25) is 0 Å². The van der Waals surface area contributed by atoms with Gasteiger partial charge in [0.05, 0.1) is 0 Å². The third kappa shape index (κ3) is 3.65. The molecule has 0 aromatic heterocycles. The predicted octanol–water partition coefficient (Wildman–Crippen LogP) is 2.75. The van der Waals surface area contributed by atoms with E-state index in [4.69, 9.17) is 4.74 Å². The fourth-order valence-electron chi connectivity index (χ4n) is 3.03. The van der Waals surface area contributed by atoms with Gasteiger partial charge in [-0.15, -0.1) is 0 Å². The molecule has 0 radical (unpaired) electrons. The molecule has 2 aromatic carbocycles. The van der Waals surface area contributed by atoms with Crippen LogP contribution in [0, 0.1) is 0 Å². The van der Waals surface area contributed by atoms with Gasteiger partial charge in [-0.25, -0.2) is 4.79 Å². The molecule has 0 heterocycles. The second-order valence-electron chi connectivity index (χ2n) is 6.28. The minimum absolute atomic E-state index is 0.206. The Kier molecular flexibility index (Phi) is 4.74. The number of amides is 1. The molecule has 2 atom stereocenters. The number of hydrogen-bond donors (Lipinski definition) is 2. The number of benzene rings is 2. The SMILES string of the molecule is CCc1ccc(OCC(=O)NC2(C(=O)O)CC2c2ccccc2)cc1. The Morgan fingerprint density at radius 1 is 1.16 bits per heavy atom. The van der Waals surface area contributed by atoms with Gasteiger partial charge in [0.25, 0.3) is 5.91 Å². The first-order chi connectivity index (χ1) is 12.0. The van der Waals surface area contributed by atoms with E-state index >= 15 is 0 Å². The second kappa shape index (κ2) is 6.97. The van der Waals surface area contributed by atoms with Crippen LogP contribution in [0.15, 0.2) is 54.6 Å². The van der Waals surface area contributed by atoms with Crippen LogP contribution in [0.5, 0.6) is 5.75 Å². The second-order valence-corrected chi connectivity index (χ2v) is 6.28. The summed E-state index contributed by atoms with van der Waals surface area (Å²) in [6.45, 7) is 1.86. The first-order valence-corrected chi connectivity index (χ1v) is 8.36. The molecular weight excluding hydrogens is 318 g/mol. The maximum absolute atomic E-state index is 12.2. The smallest absolute Gasteiger partial charge is 0.330 e. The summed E-state index contributed by atoms with van der Waals surface area (Å²) in [5, 5.41) is 12.2. The summed E-state index contributed by atoms with van der Waals surface area (Å²) < 4.78 is 5.46. The molecule has 2 aromatic rings. The highest BCUT2D eigenvalue weighted by atomic mass is 16.5. The lowest BCUT2D eigenvalue weighted by atomic mass is 10.1. The third-order valence-corrected chi connectivity index (χ3v) is 4.61. The third-order valence-electron chi connectivity index (χ3n) is 4.61. The minimum Gasteiger partial charge on any atom is -0.484 e. The van der Waals surface area contributed by atoms with Gasteiger partial charge in [-0.3, -0.25) is 4.79 Å². The van der Waals surface area contributed by atoms with Crippen LogP contribution < -0.4 is 10.1 Å². The Labute approximate surface area is 146 Å². The normalized spacial score (nSPS) is 21.4. The quantitative estimate of drug-likeness (QED) is 0.813. The summed E-state index contributed by atoms with van der Waals surface area (Å²) in [5.41, 5.74) is 0.875. The molecule has 5 nitrogen and oxygen atoms in total. The molecule has 25 heavy (non-hydrogen) atoms. The Morgan fingerprint density at radius 3 is 2.44 bits per heavy atom.